The molecular weight excluding hydrogens is 244 g/mol. The van der Waals surface area contributed by atoms with E-state index in [-0.39, 0.29) is 23.0 Å². The Hall–Kier alpha value is -1.36. The first-order valence-corrected chi connectivity index (χ1v) is 7.15. The number of nitrogens with one attached hydrogen (secondary N) is 1. The summed E-state index contributed by atoms with van der Waals surface area (Å²) in [6.45, 7) is 0.372. The van der Waals surface area contributed by atoms with Crippen LogP contribution in [0.15, 0.2) is 21.9 Å². The van der Waals surface area contributed by atoms with Crippen LogP contribution in [0.2, 0.25) is 0 Å². The van der Waals surface area contributed by atoms with Crippen molar-refractivity contribution in [1.82, 2.24) is 9.55 Å². The van der Waals surface area contributed by atoms with Crippen molar-refractivity contribution in [2.75, 3.05) is 0 Å². The first kappa shape index (κ1) is 12.7. The quantitative estimate of drug-likeness (QED) is 0.878. The van der Waals surface area contributed by atoms with Gasteiger partial charge in [-0.25, -0.2) is 4.79 Å². The fourth-order valence-electron chi connectivity index (χ4n) is 3.42. The third kappa shape index (κ3) is 2.52. The van der Waals surface area contributed by atoms with Gasteiger partial charge < -0.3 is 9.72 Å². The lowest BCUT2D eigenvalue weighted by atomic mass is 9.83. The fraction of sp³-hybridized carbons (Fsp3) is 0.714. The number of ether oxygens (including phenoxy) is 1. The molecule has 0 bridgehead atoms. The highest BCUT2D eigenvalue weighted by molar-refractivity contribution is 4.92. The Kier molecular flexibility index (Phi) is 3.31. The maximum absolute atomic E-state index is 11.7. The van der Waals surface area contributed by atoms with Gasteiger partial charge in [-0.2, -0.15) is 0 Å². The Labute approximate surface area is 111 Å². The highest BCUT2D eigenvalue weighted by atomic mass is 16.5. The van der Waals surface area contributed by atoms with Crippen LogP contribution in [0, 0.1) is 0 Å². The normalized spacial score (nSPS) is 25.8. The van der Waals surface area contributed by atoms with Gasteiger partial charge in [-0.3, -0.25) is 9.36 Å². The van der Waals surface area contributed by atoms with Crippen LogP contribution >= 0.6 is 0 Å². The van der Waals surface area contributed by atoms with Crippen LogP contribution in [-0.2, 0) is 11.3 Å². The maximum Gasteiger partial charge on any atom is 0.328 e. The summed E-state index contributed by atoms with van der Waals surface area (Å²) in [5.41, 5.74) is -0.564. The lowest BCUT2D eigenvalue weighted by Gasteiger charge is -2.33. The van der Waals surface area contributed by atoms with Gasteiger partial charge in [0.1, 0.15) is 0 Å². The van der Waals surface area contributed by atoms with Gasteiger partial charge in [0.2, 0.25) is 0 Å². The van der Waals surface area contributed by atoms with Crippen molar-refractivity contribution in [1.29, 1.82) is 0 Å². The van der Waals surface area contributed by atoms with Crippen molar-refractivity contribution >= 4 is 0 Å². The molecule has 2 heterocycles. The summed E-state index contributed by atoms with van der Waals surface area (Å²) in [5, 5.41) is 0. The van der Waals surface area contributed by atoms with Crippen molar-refractivity contribution in [3.05, 3.63) is 33.1 Å². The fourth-order valence-corrected chi connectivity index (χ4v) is 3.42. The Morgan fingerprint density at radius 2 is 2.05 bits per heavy atom. The molecule has 5 nitrogen and oxygen atoms in total. The Morgan fingerprint density at radius 3 is 2.79 bits per heavy atom. The van der Waals surface area contributed by atoms with E-state index in [1.807, 2.05) is 0 Å². The van der Waals surface area contributed by atoms with Crippen LogP contribution in [0.1, 0.15) is 44.9 Å². The smallest absolute Gasteiger partial charge is 0.328 e. The highest BCUT2D eigenvalue weighted by Crippen LogP contribution is 2.41. The summed E-state index contributed by atoms with van der Waals surface area (Å²) in [6, 6.07) is 1.38. The van der Waals surface area contributed by atoms with Gasteiger partial charge in [0.05, 0.1) is 18.2 Å². The van der Waals surface area contributed by atoms with Gasteiger partial charge in [0, 0.05) is 12.3 Å². The number of hydrogen-bond acceptors (Lipinski definition) is 3. The summed E-state index contributed by atoms with van der Waals surface area (Å²) < 4.78 is 7.43. The largest absolute Gasteiger partial charge is 0.370 e. The summed E-state index contributed by atoms with van der Waals surface area (Å²) in [5.74, 6) is 0. The zero-order valence-corrected chi connectivity index (χ0v) is 11.1. The second-order valence-electron chi connectivity index (χ2n) is 5.75. The van der Waals surface area contributed by atoms with E-state index < -0.39 is 0 Å². The average Bonchev–Trinajstić information content (AvgIpc) is 2.78. The second kappa shape index (κ2) is 4.96. The van der Waals surface area contributed by atoms with Crippen LogP contribution < -0.4 is 11.2 Å². The number of H-pyrrole nitrogens is 1. The molecule has 1 aliphatic carbocycles. The number of hydrogen-bond donors (Lipinski definition) is 1. The lowest BCUT2D eigenvalue weighted by Crippen LogP contribution is -2.39. The summed E-state index contributed by atoms with van der Waals surface area (Å²) in [4.78, 5) is 25.9. The monoisotopic (exact) mass is 264 g/mol. The van der Waals surface area contributed by atoms with Crippen LogP contribution in [0.5, 0.6) is 0 Å². The number of aromatic nitrogens is 2. The summed E-state index contributed by atoms with van der Waals surface area (Å²) in [7, 11) is 0. The molecule has 1 atom stereocenters. The Balaban J connectivity index is 1.72. The molecule has 0 amide bonds. The molecule has 1 unspecified atom stereocenters. The van der Waals surface area contributed by atoms with Gasteiger partial charge in [-0.05, 0) is 25.7 Å². The van der Waals surface area contributed by atoms with E-state index >= 15 is 0 Å². The molecular formula is C14H20N2O3. The summed E-state index contributed by atoms with van der Waals surface area (Å²) >= 11 is 0. The standard InChI is InChI=1S/C14H20N2O3/c17-12-5-9-15-13(18)16(12)10-11-4-8-14(19-11)6-2-1-3-7-14/h5,9,11H,1-4,6-8,10H2,(H,15,18). The van der Waals surface area contributed by atoms with Crippen LogP contribution in [0.4, 0.5) is 0 Å². The van der Waals surface area contributed by atoms with E-state index in [1.54, 1.807) is 0 Å². The van der Waals surface area contributed by atoms with Crippen molar-refractivity contribution in [2.24, 2.45) is 0 Å². The molecule has 1 saturated heterocycles. The molecule has 1 N–H and O–H groups in total. The third-order valence-electron chi connectivity index (χ3n) is 4.43. The molecule has 3 rings (SSSR count). The topological polar surface area (TPSA) is 64.1 Å². The maximum atomic E-state index is 11.7. The zero-order valence-electron chi connectivity index (χ0n) is 11.1. The molecule has 1 saturated carbocycles. The van der Waals surface area contributed by atoms with E-state index in [2.05, 4.69) is 4.98 Å². The SMILES string of the molecule is O=c1cc[nH]c(=O)n1CC1CCC2(CCCCC2)O1. The molecule has 2 fully saturated rings. The van der Waals surface area contributed by atoms with E-state index in [1.165, 1.54) is 36.1 Å². The Morgan fingerprint density at radius 1 is 1.26 bits per heavy atom. The van der Waals surface area contributed by atoms with Crippen LogP contribution in [-0.4, -0.2) is 21.3 Å². The van der Waals surface area contributed by atoms with Gasteiger partial charge in [-0.1, -0.05) is 19.3 Å². The molecule has 1 aliphatic heterocycles. The second-order valence-corrected chi connectivity index (χ2v) is 5.75. The van der Waals surface area contributed by atoms with Crippen molar-refractivity contribution in [2.45, 2.75) is 63.2 Å². The molecule has 104 valence electrons. The minimum Gasteiger partial charge on any atom is -0.370 e. The minimum absolute atomic E-state index is 0.000648. The van der Waals surface area contributed by atoms with Gasteiger partial charge in [0.25, 0.3) is 5.56 Å². The molecule has 0 aromatic carbocycles. The number of rotatable bonds is 2. The highest BCUT2D eigenvalue weighted by Gasteiger charge is 2.40. The molecule has 0 radical (unpaired) electrons. The molecule has 1 aromatic rings. The predicted molar refractivity (Wildman–Crippen MR) is 71.2 cm³/mol. The number of aromatic amines is 1. The van der Waals surface area contributed by atoms with E-state index in [9.17, 15) is 9.59 Å². The average molecular weight is 264 g/mol. The molecule has 2 aliphatic rings. The summed E-state index contributed by atoms with van der Waals surface area (Å²) in [6.07, 6.45) is 9.43. The van der Waals surface area contributed by atoms with Crippen LogP contribution in [0.3, 0.4) is 0 Å². The van der Waals surface area contributed by atoms with E-state index in [0.717, 1.165) is 25.7 Å². The van der Waals surface area contributed by atoms with Crippen molar-refractivity contribution < 1.29 is 4.74 Å². The van der Waals surface area contributed by atoms with Gasteiger partial charge in [-0.15, -0.1) is 0 Å². The van der Waals surface area contributed by atoms with Crippen molar-refractivity contribution in [3.63, 3.8) is 0 Å². The van der Waals surface area contributed by atoms with Gasteiger partial charge >= 0.3 is 5.69 Å². The van der Waals surface area contributed by atoms with E-state index in [0.29, 0.717) is 6.54 Å². The first-order chi connectivity index (χ1) is 9.19. The van der Waals surface area contributed by atoms with Crippen LogP contribution in [0.25, 0.3) is 0 Å². The predicted octanol–water partition coefficient (Wildman–Crippen LogP) is 1.42. The molecule has 5 heteroatoms. The van der Waals surface area contributed by atoms with Crippen molar-refractivity contribution in [3.8, 4) is 0 Å². The number of nitrogens with zero attached hydrogens (tertiary/aromatic N) is 1. The van der Waals surface area contributed by atoms with E-state index in [4.69, 9.17) is 4.74 Å². The first-order valence-electron chi connectivity index (χ1n) is 7.15. The molecule has 1 spiro atoms. The third-order valence-corrected chi connectivity index (χ3v) is 4.43. The molecule has 19 heavy (non-hydrogen) atoms. The Bertz CT molecular complexity index is 526. The minimum atomic E-state index is -0.347. The zero-order chi connectivity index (χ0) is 13.3. The van der Waals surface area contributed by atoms with Gasteiger partial charge in [0.15, 0.2) is 0 Å². The molecule has 1 aromatic heterocycles. The lowest BCUT2D eigenvalue weighted by molar-refractivity contribution is -0.0685.